The zero-order chi connectivity index (χ0) is 14.8. The van der Waals surface area contributed by atoms with Crippen LogP contribution in [0, 0.1) is 12.7 Å². The summed E-state index contributed by atoms with van der Waals surface area (Å²) in [6.45, 7) is 7.93. The number of fused-ring (bicyclic) bond motifs is 1. The van der Waals surface area contributed by atoms with Crippen LogP contribution < -0.4 is 0 Å². The number of aromatic nitrogens is 1. The van der Waals surface area contributed by atoms with Crippen LogP contribution >= 0.6 is 0 Å². The number of benzene rings is 1. The van der Waals surface area contributed by atoms with Gasteiger partial charge in [0.2, 0.25) is 0 Å². The normalized spacial score (nSPS) is 17.7. The molecular formula is C17H24FN3. The summed E-state index contributed by atoms with van der Waals surface area (Å²) in [4.78, 5) is 8.36. The Labute approximate surface area is 125 Å². The molecule has 2 heterocycles. The fourth-order valence-electron chi connectivity index (χ4n) is 3.16. The topological polar surface area (TPSA) is 22.3 Å². The SMILES string of the molecule is Cc1c(CCCN2CCN(C)CC2)[nH]c2ccc(F)cc12. The molecule has 0 radical (unpaired) electrons. The molecule has 1 saturated heterocycles. The van der Waals surface area contributed by atoms with Gasteiger partial charge in [0.05, 0.1) is 0 Å². The van der Waals surface area contributed by atoms with Gasteiger partial charge >= 0.3 is 0 Å². The van der Waals surface area contributed by atoms with Gasteiger partial charge in [-0.3, -0.25) is 0 Å². The van der Waals surface area contributed by atoms with E-state index >= 15 is 0 Å². The molecule has 3 nitrogen and oxygen atoms in total. The number of likely N-dealkylation sites (N-methyl/N-ethyl adjacent to an activating group) is 1. The van der Waals surface area contributed by atoms with Crippen LogP contribution in [0.5, 0.6) is 0 Å². The van der Waals surface area contributed by atoms with Crippen LogP contribution in [0.15, 0.2) is 18.2 Å². The van der Waals surface area contributed by atoms with E-state index in [1.165, 1.54) is 43.5 Å². The van der Waals surface area contributed by atoms with Gasteiger partial charge < -0.3 is 14.8 Å². The van der Waals surface area contributed by atoms with E-state index in [0.29, 0.717) is 0 Å². The number of hydrogen-bond donors (Lipinski definition) is 1. The van der Waals surface area contributed by atoms with Crippen LogP contribution in [0.1, 0.15) is 17.7 Å². The van der Waals surface area contributed by atoms with Crippen LogP contribution in [-0.2, 0) is 6.42 Å². The lowest BCUT2D eigenvalue weighted by atomic mass is 10.1. The van der Waals surface area contributed by atoms with Gasteiger partial charge in [-0.15, -0.1) is 0 Å². The fraction of sp³-hybridized carbons (Fsp3) is 0.529. The predicted molar refractivity (Wildman–Crippen MR) is 85.3 cm³/mol. The van der Waals surface area contributed by atoms with Crippen LogP contribution in [0.3, 0.4) is 0 Å². The number of nitrogens with one attached hydrogen (secondary N) is 1. The summed E-state index contributed by atoms with van der Waals surface area (Å²) in [5.41, 5.74) is 3.50. The number of hydrogen-bond acceptors (Lipinski definition) is 2. The Morgan fingerprint density at radius 2 is 1.95 bits per heavy atom. The van der Waals surface area contributed by atoms with Gasteiger partial charge in [0.1, 0.15) is 5.82 Å². The Hall–Kier alpha value is -1.39. The van der Waals surface area contributed by atoms with Crippen molar-refractivity contribution in [3.05, 3.63) is 35.3 Å². The van der Waals surface area contributed by atoms with Crippen molar-refractivity contribution in [1.82, 2.24) is 14.8 Å². The van der Waals surface area contributed by atoms with Crippen molar-refractivity contribution >= 4 is 10.9 Å². The van der Waals surface area contributed by atoms with E-state index in [0.717, 1.165) is 30.3 Å². The number of aryl methyl sites for hydroxylation is 2. The summed E-state index contributed by atoms with van der Waals surface area (Å²) < 4.78 is 13.3. The Morgan fingerprint density at radius 1 is 1.19 bits per heavy atom. The fourth-order valence-corrected chi connectivity index (χ4v) is 3.16. The first kappa shape index (κ1) is 14.5. The third-order valence-electron chi connectivity index (χ3n) is 4.62. The van der Waals surface area contributed by atoms with E-state index < -0.39 is 0 Å². The van der Waals surface area contributed by atoms with Crippen molar-refractivity contribution in [3.8, 4) is 0 Å². The van der Waals surface area contributed by atoms with Gasteiger partial charge in [-0.05, 0) is 57.1 Å². The highest BCUT2D eigenvalue weighted by atomic mass is 19.1. The molecule has 1 aromatic heterocycles. The van der Waals surface area contributed by atoms with Crippen LogP contribution in [0.2, 0.25) is 0 Å². The van der Waals surface area contributed by atoms with E-state index in [1.54, 1.807) is 6.07 Å². The van der Waals surface area contributed by atoms with Crippen molar-refractivity contribution in [1.29, 1.82) is 0 Å². The molecule has 0 amide bonds. The lowest BCUT2D eigenvalue weighted by Gasteiger charge is -2.32. The van der Waals surface area contributed by atoms with Crippen molar-refractivity contribution in [2.45, 2.75) is 19.8 Å². The first-order valence-electron chi connectivity index (χ1n) is 7.81. The summed E-state index contributed by atoms with van der Waals surface area (Å²) in [7, 11) is 2.18. The summed E-state index contributed by atoms with van der Waals surface area (Å²) in [5.74, 6) is -0.159. The Balaban J connectivity index is 1.59. The zero-order valence-corrected chi connectivity index (χ0v) is 13.0. The maximum Gasteiger partial charge on any atom is 0.123 e. The molecule has 3 rings (SSSR count). The molecule has 114 valence electrons. The number of rotatable bonds is 4. The Morgan fingerprint density at radius 3 is 2.71 bits per heavy atom. The minimum Gasteiger partial charge on any atom is -0.358 e. The molecule has 0 atom stereocenters. The summed E-state index contributed by atoms with van der Waals surface area (Å²) >= 11 is 0. The van der Waals surface area contributed by atoms with Crippen LogP contribution in [0.4, 0.5) is 4.39 Å². The molecule has 21 heavy (non-hydrogen) atoms. The third kappa shape index (κ3) is 3.27. The minimum absolute atomic E-state index is 0.159. The maximum atomic E-state index is 13.3. The molecule has 1 N–H and O–H groups in total. The molecule has 1 aliphatic rings. The second-order valence-electron chi connectivity index (χ2n) is 6.17. The smallest absolute Gasteiger partial charge is 0.123 e. The molecule has 0 saturated carbocycles. The molecule has 1 aromatic carbocycles. The molecule has 0 unspecified atom stereocenters. The van der Waals surface area contributed by atoms with Gasteiger partial charge in [-0.2, -0.15) is 0 Å². The third-order valence-corrected chi connectivity index (χ3v) is 4.62. The average molecular weight is 289 g/mol. The lowest BCUT2D eigenvalue weighted by Crippen LogP contribution is -2.44. The number of aromatic amines is 1. The summed E-state index contributed by atoms with van der Waals surface area (Å²) in [6.07, 6.45) is 2.19. The number of H-pyrrole nitrogens is 1. The molecular weight excluding hydrogens is 265 g/mol. The quantitative estimate of drug-likeness (QED) is 0.935. The van der Waals surface area contributed by atoms with E-state index in [9.17, 15) is 4.39 Å². The van der Waals surface area contributed by atoms with E-state index in [-0.39, 0.29) is 5.82 Å². The first-order valence-corrected chi connectivity index (χ1v) is 7.81. The minimum atomic E-state index is -0.159. The highest BCUT2D eigenvalue weighted by Crippen LogP contribution is 2.23. The van der Waals surface area contributed by atoms with Gasteiger partial charge in [-0.25, -0.2) is 4.39 Å². The van der Waals surface area contributed by atoms with E-state index in [1.807, 2.05) is 6.07 Å². The highest BCUT2D eigenvalue weighted by molar-refractivity contribution is 5.84. The van der Waals surface area contributed by atoms with E-state index in [4.69, 9.17) is 0 Å². The van der Waals surface area contributed by atoms with Crippen molar-refractivity contribution in [3.63, 3.8) is 0 Å². The van der Waals surface area contributed by atoms with Crippen molar-refractivity contribution in [2.75, 3.05) is 39.8 Å². The van der Waals surface area contributed by atoms with Gasteiger partial charge in [0.25, 0.3) is 0 Å². The van der Waals surface area contributed by atoms with Gasteiger partial charge in [0.15, 0.2) is 0 Å². The second-order valence-corrected chi connectivity index (χ2v) is 6.17. The number of nitrogens with zero attached hydrogens (tertiary/aromatic N) is 2. The highest BCUT2D eigenvalue weighted by Gasteiger charge is 2.14. The van der Waals surface area contributed by atoms with E-state index in [2.05, 4.69) is 28.8 Å². The van der Waals surface area contributed by atoms with Gasteiger partial charge in [-0.1, -0.05) is 0 Å². The molecule has 4 heteroatoms. The number of piperazine rings is 1. The molecule has 2 aromatic rings. The standard InChI is InChI=1S/C17H24FN3/c1-13-15-12-14(18)5-6-17(15)19-16(13)4-3-7-21-10-8-20(2)9-11-21/h5-6,12,19H,3-4,7-11H2,1-2H3. The molecule has 0 bridgehead atoms. The Kier molecular flexibility index (Phi) is 4.27. The van der Waals surface area contributed by atoms with Crippen molar-refractivity contribution in [2.24, 2.45) is 0 Å². The predicted octanol–water partition coefficient (Wildman–Crippen LogP) is 2.80. The van der Waals surface area contributed by atoms with Gasteiger partial charge in [0, 0.05) is 42.8 Å². The maximum absolute atomic E-state index is 13.3. The summed E-state index contributed by atoms with van der Waals surface area (Å²) in [6, 6.07) is 4.99. The molecule has 0 spiro atoms. The largest absolute Gasteiger partial charge is 0.358 e. The van der Waals surface area contributed by atoms with Crippen LogP contribution in [0.25, 0.3) is 10.9 Å². The second kappa shape index (κ2) is 6.16. The first-order chi connectivity index (χ1) is 10.1. The average Bonchev–Trinajstić information content (AvgIpc) is 2.78. The molecule has 1 aliphatic heterocycles. The monoisotopic (exact) mass is 289 g/mol. The summed E-state index contributed by atoms with van der Waals surface area (Å²) in [5, 5.41) is 1.02. The number of halogens is 1. The lowest BCUT2D eigenvalue weighted by molar-refractivity contribution is 0.153. The molecule has 0 aliphatic carbocycles. The van der Waals surface area contributed by atoms with Crippen LogP contribution in [-0.4, -0.2) is 54.6 Å². The molecule has 1 fully saturated rings. The Bertz CT molecular complexity index is 612. The van der Waals surface area contributed by atoms with Crippen molar-refractivity contribution < 1.29 is 4.39 Å². The zero-order valence-electron chi connectivity index (χ0n) is 13.0.